The van der Waals surface area contributed by atoms with Crippen molar-refractivity contribution in [1.29, 1.82) is 0 Å². The SMILES string of the molecule is CCc1cccc(Oc2ccc(NC(=O)NCCCCn3ccccc3=O)cn2)c1. The zero-order valence-corrected chi connectivity index (χ0v) is 17.0. The summed E-state index contributed by atoms with van der Waals surface area (Å²) in [5.74, 6) is 1.20. The molecule has 7 heteroatoms. The van der Waals surface area contributed by atoms with Crippen LogP contribution >= 0.6 is 0 Å². The fourth-order valence-electron chi connectivity index (χ4n) is 2.89. The number of nitrogens with one attached hydrogen (secondary N) is 2. The molecule has 7 nitrogen and oxygen atoms in total. The number of anilines is 1. The lowest BCUT2D eigenvalue weighted by Gasteiger charge is -2.09. The molecule has 0 spiro atoms. The molecule has 2 N–H and O–H groups in total. The standard InChI is InChI=1S/C23H26N4O3/c1-2-18-8-7-9-20(16-18)30-21-12-11-19(17-25-21)26-23(29)24-13-4-6-15-27-14-5-3-10-22(27)28/h3,5,7-12,14,16-17H,2,4,6,13,15H2,1H3,(H2,24,26,29). The second kappa shape index (κ2) is 10.8. The van der Waals surface area contributed by atoms with Crippen molar-refractivity contribution in [3.05, 3.63) is 82.9 Å². The lowest BCUT2D eigenvalue weighted by Crippen LogP contribution is -2.29. The molecule has 0 radical (unpaired) electrons. The Bertz CT molecular complexity index is 1020. The van der Waals surface area contributed by atoms with Gasteiger partial charge in [0.25, 0.3) is 0 Å². The number of nitrogens with zero attached hydrogens (tertiary/aromatic N) is 2. The maximum Gasteiger partial charge on any atom is 0.319 e. The topological polar surface area (TPSA) is 85.2 Å². The quantitative estimate of drug-likeness (QED) is 0.522. The average Bonchev–Trinajstić information content (AvgIpc) is 2.76. The molecule has 0 aliphatic heterocycles. The van der Waals surface area contributed by atoms with Crippen LogP contribution in [-0.4, -0.2) is 22.1 Å². The van der Waals surface area contributed by atoms with Crippen LogP contribution in [0.15, 0.2) is 71.8 Å². The Morgan fingerprint density at radius 1 is 1.10 bits per heavy atom. The van der Waals surface area contributed by atoms with Gasteiger partial charge in [0.05, 0.1) is 11.9 Å². The molecule has 0 unspecified atom stereocenters. The maximum absolute atomic E-state index is 12.0. The highest BCUT2D eigenvalue weighted by molar-refractivity contribution is 5.88. The average molecular weight is 406 g/mol. The van der Waals surface area contributed by atoms with Crippen LogP contribution in [0.3, 0.4) is 0 Å². The monoisotopic (exact) mass is 406 g/mol. The summed E-state index contributed by atoms with van der Waals surface area (Å²) in [6.45, 7) is 3.25. The lowest BCUT2D eigenvalue weighted by molar-refractivity contribution is 0.252. The third-order valence-corrected chi connectivity index (χ3v) is 4.53. The molecule has 2 heterocycles. The Morgan fingerprint density at radius 3 is 2.77 bits per heavy atom. The van der Waals surface area contributed by atoms with E-state index in [0.29, 0.717) is 24.7 Å². The van der Waals surface area contributed by atoms with Crippen LogP contribution in [-0.2, 0) is 13.0 Å². The van der Waals surface area contributed by atoms with Crippen LogP contribution in [0, 0.1) is 0 Å². The Balaban J connectivity index is 1.38. The first-order valence-corrected chi connectivity index (χ1v) is 10.1. The van der Waals surface area contributed by atoms with E-state index < -0.39 is 0 Å². The molecule has 0 aliphatic carbocycles. The molecule has 0 aliphatic rings. The number of hydrogen-bond donors (Lipinski definition) is 2. The number of aryl methyl sites for hydroxylation is 2. The maximum atomic E-state index is 12.0. The van der Waals surface area contributed by atoms with Gasteiger partial charge >= 0.3 is 6.03 Å². The third kappa shape index (κ3) is 6.48. The Morgan fingerprint density at radius 2 is 2.00 bits per heavy atom. The number of urea groups is 1. The van der Waals surface area contributed by atoms with Crippen LogP contribution in [0.1, 0.15) is 25.3 Å². The van der Waals surface area contributed by atoms with Crippen molar-refractivity contribution in [3.8, 4) is 11.6 Å². The van der Waals surface area contributed by atoms with E-state index >= 15 is 0 Å². The van der Waals surface area contributed by atoms with Gasteiger partial charge in [-0.05, 0) is 49.1 Å². The minimum atomic E-state index is -0.294. The molecular formula is C23H26N4O3. The second-order valence-electron chi connectivity index (χ2n) is 6.81. The Kier molecular flexibility index (Phi) is 7.60. The molecule has 3 rings (SSSR count). The molecule has 0 atom stereocenters. The largest absolute Gasteiger partial charge is 0.439 e. The van der Waals surface area contributed by atoms with E-state index in [2.05, 4.69) is 22.5 Å². The minimum Gasteiger partial charge on any atom is -0.439 e. The predicted octanol–water partition coefficient (Wildman–Crippen LogP) is 4.20. The first-order valence-electron chi connectivity index (χ1n) is 10.1. The van der Waals surface area contributed by atoms with Gasteiger partial charge in [0.2, 0.25) is 11.4 Å². The third-order valence-electron chi connectivity index (χ3n) is 4.53. The Labute approximate surface area is 175 Å². The van der Waals surface area contributed by atoms with E-state index in [1.807, 2.05) is 30.3 Å². The molecule has 0 bridgehead atoms. The number of amides is 2. The van der Waals surface area contributed by atoms with Gasteiger partial charge in [-0.25, -0.2) is 9.78 Å². The van der Waals surface area contributed by atoms with Crippen LogP contribution in [0.25, 0.3) is 0 Å². The van der Waals surface area contributed by atoms with Gasteiger partial charge in [0.15, 0.2) is 0 Å². The molecule has 156 valence electrons. The molecule has 0 saturated carbocycles. The van der Waals surface area contributed by atoms with Crippen molar-refractivity contribution in [2.75, 3.05) is 11.9 Å². The highest BCUT2D eigenvalue weighted by Gasteiger charge is 2.04. The van der Waals surface area contributed by atoms with Crippen molar-refractivity contribution >= 4 is 11.7 Å². The molecule has 3 aromatic rings. The summed E-state index contributed by atoms with van der Waals surface area (Å²) in [7, 11) is 0. The first kappa shape index (κ1) is 21.1. The minimum absolute atomic E-state index is 0.0128. The van der Waals surface area contributed by atoms with Crippen LogP contribution in [0.4, 0.5) is 10.5 Å². The van der Waals surface area contributed by atoms with Crippen LogP contribution < -0.4 is 20.9 Å². The molecule has 0 fully saturated rings. The lowest BCUT2D eigenvalue weighted by atomic mass is 10.2. The fraction of sp³-hybridized carbons (Fsp3) is 0.261. The van der Waals surface area contributed by atoms with Gasteiger partial charge in [0.1, 0.15) is 5.75 Å². The zero-order valence-electron chi connectivity index (χ0n) is 17.0. The van der Waals surface area contributed by atoms with Crippen molar-refractivity contribution in [1.82, 2.24) is 14.9 Å². The number of hydrogen-bond acceptors (Lipinski definition) is 4. The van der Waals surface area contributed by atoms with Gasteiger partial charge in [0, 0.05) is 31.4 Å². The molecule has 2 amide bonds. The highest BCUT2D eigenvalue weighted by Crippen LogP contribution is 2.21. The van der Waals surface area contributed by atoms with Crippen LogP contribution in [0.5, 0.6) is 11.6 Å². The van der Waals surface area contributed by atoms with Gasteiger partial charge in [-0.15, -0.1) is 0 Å². The number of unbranched alkanes of at least 4 members (excludes halogenated alkanes) is 1. The Hall–Kier alpha value is -3.61. The summed E-state index contributed by atoms with van der Waals surface area (Å²) >= 11 is 0. The summed E-state index contributed by atoms with van der Waals surface area (Å²) in [4.78, 5) is 27.9. The number of carbonyl (C=O) groups excluding carboxylic acids is 1. The number of aromatic nitrogens is 2. The molecular weight excluding hydrogens is 380 g/mol. The smallest absolute Gasteiger partial charge is 0.319 e. The number of carbonyl (C=O) groups is 1. The number of rotatable bonds is 9. The van der Waals surface area contributed by atoms with E-state index in [4.69, 9.17) is 4.74 Å². The fourth-order valence-corrected chi connectivity index (χ4v) is 2.89. The van der Waals surface area contributed by atoms with Crippen molar-refractivity contribution in [2.45, 2.75) is 32.7 Å². The highest BCUT2D eigenvalue weighted by atomic mass is 16.5. The van der Waals surface area contributed by atoms with Gasteiger partial charge < -0.3 is 19.9 Å². The van der Waals surface area contributed by atoms with Crippen molar-refractivity contribution < 1.29 is 9.53 Å². The van der Waals surface area contributed by atoms with Crippen molar-refractivity contribution in [2.24, 2.45) is 0 Å². The first-order chi connectivity index (χ1) is 14.6. The summed E-state index contributed by atoms with van der Waals surface area (Å²) in [6, 6.07) is 16.1. The van der Waals surface area contributed by atoms with Crippen molar-refractivity contribution in [3.63, 3.8) is 0 Å². The summed E-state index contributed by atoms with van der Waals surface area (Å²) in [6.07, 6.45) is 5.84. The second-order valence-corrected chi connectivity index (χ2v) is 6.81. The molecule has 2 aromatic heterocycles. The van der Waals surface area contributed by atoms with E-state index in [0.717, 1.165) is 25.0 Å². The molecule has 0 saturated heterocycles. The number of pyridine rings is 2. The van der Waals surface area contributed by atoms with E-state index in [1.54, 1.807) is 41.2 Å². The summed E-state index contributed by atoms with van der Waals surface area (Å²) < 4.78 is 7.41. The normalized spacial score (nSPS) is 10.4. The van der Waals surface area contributed by atoms with Gasteiger partial charge in [-0.2, -0.15) is 0 Å². The zero-order chi connectivity index (χ0) is 21.2. The van der Waals surface area contributed by atoms with E-state index in [1.165, 1.54) is 5.56 Å². The summed E-state index contributed by atoms with van der Waals surface area (Å²) in [5, 5.41) is 5.55. The number of benzene rings is 1. The van der Waals surface area contributed by atoms with Gasteiger partial charge in [-0.3, -0.25) is 4.79 Å². The van der Waals surface area contributed by atoms with E-state index in [9.17, 15) is 9.59 Å². The summed E-state index contributed by atoms with van der Waals surface area (Å²) in [5.41, 5.74) is 1.76. The number of ether oxygens (including phenoxy) is 1. The van der Waals surface area contributed by atoms with E-state index in [-0.39, 0.29) is 11.6 Å². The van der Waals surface area contributed by atoms with Gasteiger partial charge in [-0.1, -0.05) is 25.1 Å². The molecule has 1 aromatic carbocycles. The van der Waals surface area contributed by atoms with Crippen LogP contribution in [0.2, 0.25) is 0 Å². The predicted molar refractivity (Wildman–Crippen MR) is 117 cm³/mol. The molecule has 30 heavy (non-hydrogen) atoms.